The van der Waals surface area contributed by atoms with Gasteiger partial charge in [0, 0.05) is 18.2 Å². The van der Waals surface area contributed by atoms with Gasteiger partial charge < -0.3 is 15.2 Å². The van der Waals surface area contributed by atoms with Crippen LogP contribution in [0.15, 0.2) is 24.3 Å². The minimum atomic E-state index is -2.84. The molecule has 5 heteroatoms. The zero-order chi connectivity index (χ0) is 13.4. The molecule has 0 saturated carbocycles. The van der Waals surface area contributed by atoms with Crippen LogP contribution in [0.2, 0.25) is 0 Å². The predicted molar refractivity (Wildman–Crippen MR) is 65.8 cm³/mol. The fourth-order valence-corrected chi connectivity index (χ4v) is 1.79. The summed E-state index contributed by atoms with van der Waals surface area (Å²) >= 11 is 0. The van der Waals surface area contributed by atoms with Gasteiger partial charge in [-0.3, -0.25) is 0 Å². The van der Waals surface area contributed by atoms with Gasteiger partial charge >= 0.3 is 6.61 Å². The largest absolute Gasteiger partial charge is 0.434 e. The number of hydrogen-bond acceptors (Lipinski definition) is 3. The summed E-state index contributed by atoms with van der Waals surface area (Å²) in [4.78, 5) is 0. The third kappa shape index (κ3) is 4.58. The Labute approximate surface area is 106 Å². The fraction of sp³-hybridized carbons (Fsp3) is 0.538. The first kappa shape index (κ1) is 14.9. The van der Waals surface area contributed by atoms with Gasteiger partial charge in [0.15, 0.2) is 0 Å². The van der Waals surface area contributed by atoms with Gasteiger partial charge in [-0.05, 0) is 25.5 Å². The number of nitrogens with one attached hydrogen (secondary N) is 1. The Morgan fingerprint density at radius 2 is 2.06 bits per heavy atom. The Bertz CT molecular complexity index is 348. The van der Waals surface area contributed by atoms with Crippen LogP contribution in [-0.2, 0) is 0 Å². The van der Waals surface area contributed by atoms with Crippen molar-refractivity contribution in [1.29, 1.82) is 0 Å². The lowest BCUT2D eigenvalue weighted by Crippen LogP contribution is -2.24. The summed E-state index contributed by atoms with van der Waals surface area (Å²) in [7, 11) is 0. The van der Waals surface area contributed by atoms with Gasteiger partial charge in [-0.2, -0.15) is 8.78 Å². The summed E-state index contributed by atoms with van der Waals surface area (Å²) in [5.41, 5.74) is 0.653. The minimum absolute atomic E-state index is 0.00953. The maximum absolute atomic E-state index is 12.3. The third-order valence-electron chi connectivity index (χ3n) is 2.57. The summed E-state index contributed by atoms with van der Waals surface area (Å²) in [5.74, 6) is 0.162. The second-order valence-corrected chi connectivity index (χ2v) is 3.94. The minimum Gasteiger partial charge on any atom is -0.434 e. The summed E-state index contributed by atoms with van der Waals surface area (Å²) in [6, 6.07) is 6.49. The number of aliphatic hydroxyl groups excluding tert-OH is 1. The summed E-state index contributed by atoms with van der Waals surface area (Å²) in [5, 5.41) is 12.3. The first-order valence-corrected chi connectivity index (χ1v) is 6.07. The summed E-state index contributed by atoms with van der Waals surface area (Å²) in [6.07, 6.45) is 1.39. The topological polar surface area (TPSA) is 41.5 Å². The first-order valence-electron chi connectivity index (χ1n) is 6.07. The molecule has 102 valence electrons. The Morgan fingerprint density at radius 1 is 1.33 bits per heavy atom. The molecular formula is C13H19F2NO2. The number of halogens is 2. The second kappa shape index (κ2) is 8.00. The lowest BCUT2D eigenvalue weighted by molar-refractivity contribution is -0.0507. The van der Waals surface area contributed by atoms with E-state index in [0.717, 1.165) is 13.0 Å². The number of rotatable bonds is 8. The highest BCUT2D eigenvalue weighted by molar-refractivity contribution is 5.36. The molecule has 0 amide bonds. The van der Waals surface area contributed by atoms with E-state index in [1.165, 1.54) is 6.07 Å². The van der Waals surface area contributed by atoms with E-state index in [9.17, 15) is 8.78 Å². The van der Waals surface area contributed by atoms with Crippen LogP contribution in [0, 0.1) is 0 Å². The van der Waals surface area contributed by atoms with Gasteiger partial charge in [0.05, 0.1) is 0 Å². The van der Waals surface area contributed by atoms with Crippen LogP contribution in [-0.4, -0.2) is 24.9 Å². The van der Waals surface area contributed by atoms with Gasteiger partial charge in [-0.15, -0.1) is 0 Å². The molecule has 0 fully saturated rings. The Kier molecular flexibility index (Phi) is 6.60. The van der Waals surface area contributed by atoms with Crippen molar-refractivity contribution >= 4 is 0 Å². The molecule has 0 aliphatic rings. The third-order valence-corrected chi connectivity index (χ3v) is 2.57. The Morgan fingerprint density at radius 3 is 2.67 bits per heavy atom. The molecule has 0 aliphatic carbocycles. The van der Waals surface area contributed by atoms with E-state index in [2.05, 4.69) is 10.1 Å². The lowest BCUT2D eigenvalue weighted by atomic mass is 10.0. The molecule has 1 rings (SSSR count). The molecule has 0 heterocycles. The Balaban J connectivity index is 2.87. The van der Waals surface area contributed by atoms with Crippen LogP contribution in [0.25, 0.3) is 0 Å². The molecule has 3 nitrogen and oxygen atoms in total. The molecule has 0 saturated heterocycles. The van der Waals surface area contributed by atoms with Crippen molar-refractivity contribution in [2.45, 2.75) is 32.4 Å². The molecule has 0 bridgehead atoms. The van der Waals surface area contributed by atoms with E-state index in [-0.39, 0.29) is 18.4 Å². The standard InChI is InChI=1S/C13H19F2NO2/c1-2-8-16-11(7-9-17)10-5-3-4-6-12(10)18-13(14)15/h3-6,11,13,16-17H,2,7-9H2,1H3. The van der Waals surface area contributed by atoms with Crippen LogP contribution in [0.4, 0.5) is 8.78 Å². The van der Waals surface area contributed by atoms with Crippen molar-refractivity contribution in [1.82, 2.24) is 5.32 Å². The van der Waals surface area contributed by atoms with Gasteiger partial charge in [-0.1, -0.05) is 25.1 Å². The van der Waals surface area contributed by atoms with E-state index in [1.54, 1.807) is 18.2 Å². The first-order chi connectivity index (χ1) is 8.69. The van der Waals surface area contributed by atoms with Crippen LogP contribution in [0.3, 0.4) is 0 Å². The van der Waals surface area contributed by atoms with Crippen molar-refractivity contribution in [2.75, 3.05) is 13.2 Å². The molecule has 1 atom stereocenters. The number of hydrogen-bond donors (Lipinski definition) is 2. The molecule has 1 aromatic carbocycles. The Hall–Kier alpha value is -1.20. The van der Waals surface area contributed by atoms with Crippen LogP contribution in [0.5, 0.6) is 5.75 Å². The molecule has 1 aromatic rings. The summed E-state index contributed by atoms with van der Waals surface area (Å²) < 4.78 is 29.1. The van der Waals surface area contributed by atoms with E-state index >= 15 is 0 Å². The van der Waals surface area contributed by atoms with Gasteiger partial charge in [-0.25, -0.2) is 0 Å². The monoisotopic (exact) mass is 259 g/mol. The zero-order valence-corrected chi connectivity index (χ0v) is 10.4. The second-order valence-electron chi connectivity index (χ2n) is 3.94. The van der Waals surface area contributed by atoms with Gasteiger partial charge in [0.1, 0.15) is 5.75 Å². The van der Waals surface area contributed by atoms with E-state index in [1.807, 2.05) is 6.92 Å². The zero-order valence-electron chi connectivity index (χ0n) is 10.4. The van der Waals surface area contributed by atoms with Crippen molar-refractivity contribution in [3.05, 3.63) is 29.8 Å². The molecule has 0 radical (unpaired) electrons. The summed E-state index contributed by atoms with van der Waals surface area (Å²) in [6.45, 7) is -0.0741. The maximum atomic E-state index is 12.3. The van der Waals surface area contributed by atoms with Gasteiger partial charge in [0.2, 0.25) is 0 Å². The quantitative estimate of drug-likeness (QED) is 0.754. The lowest BCUT2D eigenvalue weighted by Gasteiger charge is -2.20. The molecule has 1 unspecified atom stereocenters. The van der Waals surface area contributed by atoms with E-state index in [0.29, 0.717) is 12.0 Å². The predicted octanol–water partition coefficient (Wildman–Crippen LogP) is 2.71. The highest BCUT2D eigenvalue weighted by Gasteiger charge is 2.17. The number of para-hydroxylation sites is 1. The molecule has 0 spiro atoms. The average molecular weight is 259 g/mol. The van der Waals surface area contributed by atoms with Crippen molar-refractivity contribution in [2.24, 2.45) is 0 Å². The smallest absolute Gasteiger partial charge is 0.387 e. The highest BCUT2D eigenvalue weighted by atomic mass is 19.3. The van der Waals surface area contributed by atoms with Crippen LogP contribution >= 0.6 is 0 Å². The van der Waals surface area contributed by atoms with Crippen LogP contribution < -0.4 is 10.1 Å². The molecule has 0 aromatic heterocycles. The molecule has 2 N–H and O–H groups in total. The van der Waals surface area contributed by atoms with Crippen molar-refractivity contribution in [3.8, 4) is 5.75 Å². The number of aliphatic hydroxyl groups is 1. The van der Waals surface area contributed by atoms with Crippen molar-refractivity contribution < 1.29 is 18.6 Å². The normalized spacial score (nSPS) is 12.7. The number of benzene rings is 1. The average Bonchev–Trinajstić information content (AvgIpc) is 2.35. The maximum Gasteiger partial charge on any atom is 0.387 e. The number of alkyl halides is 2. The van der Waals surface area contributed by atoms with E-state index < -0.39 is 6.61 Å². The molecular weight excluding hydrogens is 240 g/mol. The SMILES string of the molecule is CCCNC(CCO)c1ccccc1OC(F)F. The number of ether oxygens (including phenoxy) is 1. The van der Waals surface area contributed by atoms with Crippen molar-refractivity contribution in [3.63, 3.8) is 0 Å². The molecule has 0 aliphatic heterocycles. The molecule has 18 heavy (non-hydrogen) atoms. The van der Waals surface area contributed by atoms with Gasteiger partial charge in [0.25, 0.3) is 0 Å². The highest BCUT2D eigenvalue weighted by Crippen LogP contribution is 2.28. The van der Waals surface area contributed by atoms with E-state index in [4.69, 9.17) is 5.11 Å². The fourth-order valence-electron chi connectivity index (χ4n) is 1.79. The van der Waals surface area contributed by atoms with Crippen LogP contribution in [0.1, 0.15) is 31.4 Å².